The first kappa shape index (κ1) is 12.8. The number of rotatable bonds is 3. The molecule has 1 aromatic carbocycles. The van der Waals surface area contributed by atoms with Gasteiger partial charge in [-0.05, 0) is 42.1 Å². The van der Waals surface area contributed by atoms with Gasteiger partial charge < -0.3 is 5.32 Å². The van der Waals surface area contributed by atoms with Crippen molar-refractivity contribution in [2.45, 2.75) is 6.92 Å². The van der Waals surface area contributed by atoms with E-state index in [2.05, 4.69) is 5.32 Å². The SMILES string of the molecule is Cc1cc(Cl)ccc1NC(=O)C(=O)c1cccs1. The number of thiophene rings is 1. The van der Waals surface area contributed by atoms with E-state index in [4.69, 9.17) is 11.6 Å². The number of nitrogens with one attached hydrogen (secondary N) is 1. The molecule has 3 nitrogen and oxygen atoms in total. The minimum absolute atomic E-state index is 0.430. The van der Waals surface area contributed by atoms with E-state index >= 15 is 0 Å². The molecule has 0 aliphatic carbocycles. The van der Waals surface area contributed by atoms with Gasteiger partial charge >= 0.3 is 0 Å². The van der Waals surface area contributed by atoms with Gasteiger partial charge in [0, 0.05) is 10.7 Å². The third kappa shape index (κ3) is 2.78. The summed E-state index contributed by atoms with van der Waals surface area (Å²) in [6.07, 6.45) is 0. The van der Waals surface area contributed by atoms with E-state index in [9.17, 15) is 9.59 Å². The number of ketones is 1. The molecule has 0 atom stereocenters. The van der Waals surface area contributed by atoms with Crippen molar-refractivity contribution in [2.75, 3.05) is 5.32 Å². The zero-order valence-electron chi connectivity index (χ0n) is 9.57. The lowest BCUT2D eigenvalue weighted by Crippen LogP contribution is -2.22. The summed E-state index contributed by atoms with van der Waals surface area (Å²) in [7, 11) is 0. The predicted octanol–water partition coefficient (Wildman–Crippen LogP) is 3.53. The average Bonchev–Trinajstić information content (AvgIpc) is 2.85. The van der Waals surface area contributed by atoms with Crippen LogP contribution >= 0.6 is 22.9 Å². The van der Waals surface area contributed by atoms with Gasteiger partial charge in [0.15, 0.2) is 0 Å². The van der Waals surface area contributed by atoms with Crippen molar-refractivity contribution in [3.8, 4) is 0 Å². The van der Waals surface area contributed by atoms with Crippen LogP contribution < -0.4 is 5.32 Å². The van der Waals surface area contributed by atoms with Gasteiger partial charge in [-0.3, -0.25) is 9.59 Å². The van der Waals surface area contributed by atoms with Crippen LogP contribution in [-0.2, 0) is 4.79 Å². The maximum absolute atomic E-state index is 11.8. The summed E-state index contributed by atoms with van der Waals surface area (Å²) in [4.78, 5) is 24.0. The van der Waals surface area contributed by atoms with E-state index in [1.54, 1.807) is 35.7 Å². The number of carbonyl (C=O) groups excluding carboxylic acids is 2. The lowest BCUT2D eigenvalue weighted by molar-refractivity contribution is -0.112. The van der Waals surface area contributed by atoms with Crippen molar-refractivity contribution in [1.82, 2.24) is 0 Å². The zero-order valence-corrected chi connectivity index (χ0v) is 11.1. The topological polar surface area (TPSA) is 46.2 Å². The number of Topliss-reactive ketones (excluding diaryl/α,β-unsaturated/α-hetero) is 1. The monoisotopic (exact) mass is 279 g/mol. The smallest absolute Gasteiger partial charge is 0.297 e. The summed E-state index contributed by atoms with van der Waals surface area (Å²) in [5, 5.41) is 4.94. The molecule has 5 heteroatoms. The van der Waals surface area contributed by atoms with Crippen LogP contribution in [0.25, 0.3) is 0 Å². The standard InChI is InChI=1S/C13H10ClNO2S/c1-8-7-9(14)4-5-10(8)15-13(17)12(16)11-3-2-6-18-11/h2-7H,1H3,(H,15,17). The van der Waals surface area contributed by atoms with Crippen molar-refractivity contribution in [3.63, 3.8) is 0 Å². The molecule has 2 aromatic rings. The third-order valence-corrected chi connectivity index (χ3v) is 3.49. The van der Waals surface area contributed by atoms with E-state index in [-0.39, 0.29) is 0 Å². The molecule has 18 heavy (non-hydrogen) atoms. The minimum Gasteiger partial charge on any atom is -0.319 e. The molecule has 0 aliphatic rings. The highest BCUT2D eigenvalue weighted by atomic mass is 35.5. The van der Waals surface area contributed by atoms with Crippen LogP contribution in [0.2, 0.25) is 5.02 Å². The Bertz CT molecular complexity index is 593. The Balaban J connectivity index is 2.14. The summed E-state index contributed by atoms with van der Waals surface area (Å²) in [5.41, 5.74) is 1.41. The van der Waals surface area contributed by atoms with E-state index in [1.807, 2.05) is 6.92 Å². The van der Waals surface area contributed by atoms with Crippen molar-refractivity contribution < 1.29 is 9.59 Å². The third-order valence-electron chi connectivity index (χ3n) is 2.39. The molecule has 0 saturated heterocycles. The number of anilines is 1. The minimum atomic E-state index is -0.636. The van der Waals surface area contributed by atoms with Crippen molar-refractivity contribution >= 4 is 40.3 Å². The summed E-state index contributed by atoms with van der Waals surface area (Å²) >= 11 is 7.06. The van der Waals surface area contributed by atoms with Gasteiger partial charge in [0.2, 0.25) is 0 Å². The second-order valence-electron chi connectivity index (χ2n) is 3.72. The Morgan fingerprint density at radius 2 is 2.06 bits per heavy atom. The first-order valence-electron chi connectivity index (χ1n) is 5.23. The second-order valence-corrected chi connectivity index (χ2v) is 5.10. The lowest BCUT2D eigenvalue weighted by atomic mass is 10.2. The van der Waals surface area contributed by atoms with Crippen molar-refractivity contribution in [1.29, 1.82) is 0 Å². The predicted molar refractivity (Wildman–Crippen MR) is 73.5 cm³/mol. The highest BCUT2D eigenvalue weighted by molar-refractivity contribution is 7.13. The highest BCUT2D eigenvalue weighted by Crippen LogP contribution is 2.20. The summed E-state index contributed by atoms with van der Waals surface area (Å²) in [5.74, 6) is -1.16. The number of amides is 1. The average molecular weight is 280 g/mol. The summed E-state index contributed by atoms with van der Waals surface area (Å²) in [6, 6.07) is 8.43. The van der Waals surface area contributed by atoms with Gasteiger partial charge in [0.05, 0.1) is 4.88 Å². The molecule has 92 valence electrons. The summed E-state index contributed by atoms with van der Waals surface area (Å²) in [6.45, 7) is 1.82. The molecule has 2 rings (SSSR count). The van der Waals surface area contributed by atoms with E-state index in [1.165, 1.54) is 11.3 Å². The van der Waals surface area contributed by atoms with Gasteiger partial charge in [-0.25, -0.2) is 0 Å². The van der Waals surface area contributed by atoms with Gasteiger partial charge in [-0.15, -0.1) is 11.3 Å². The van der Waals surface area contributed by atoms with Crippen LogP contribution in [0.1, 0.15) is 15.2 Å². The second kappa shape index (κ2) is 5.33. The number of halogens is 1. The number of benzene rings is 1. The molecule has 0 aliphatic heterocycles. The molecular weight excluding hydrogens is 270 g/mol. The molecule has 1 heterocycles. The Morgan fingerprint density at radius 3 is 2.67 bits per heavy atom. The van der Waals surface area contributed by atoms with Crippen LogP contribution in [0.15, 0.2) is 35.7 Å². The molecule has 0 radical (unpaired) electrons. The highest BCUT2D eigenvalue weighted by Gasteiger charge is 2.17. The maximum Gasteiger partial charge on any atom is 0.297 e. The summed E-state index contributed by atoms with van der Waals surface area (Å²) < 4.78 is 0. The number of hydrogen-bond donors (Lipinski definition) is 1. The number of carbonyl (C=O) groups is 2. The van der Waals surface area contributed by atoms with Gasteiger partial charge in [-0.2, -0.15) is 0 Å². The van der Waals surface area contributed by atoms with Gasteiger partial charge in [0.1, 0.15) is 0 Å². The fourth-order valence-corrected chi connectivity index (χ4v) is 2.35. The molecule has 1 N–H and O–H groups in total. The van der Waals surface area contributed by atoms with Gasteiger partial charge in [-0.1, -0.05) is 17.7 Å². The quantitative estimate of drug-likeness (QED) is 0.690. The van der Waals surface area contributed by atoms with Gasteiger partial charge in [0.25, 0.3) is 11.7 Å². The Labute approximate surface area is 113 Å². The van der Waals surface area contributed by atoms with E-state index in [0.717, 1.165) is 5.56 Å². The zero-order chi connectivity index (χ0) is 13.1. The van der Waals surface area contributed by atoms with Crippen LogP contribution in [0.4, 0.5) is 5.69 Å². The van der Waals surface area contributed by atoms with E-state index < -0.39 is 11.7 Å². The Morgan fingerprint density at radius 1 is 1.28 bits per heavy atom. The number of aryl methyl sites for hydroxylation is 1. The first-order valence-corrected chi connectivity index (χ1v) is 6.49. The molecule has 0 spiro atoms. The first-order chi connectivity index (χ1) is 8.58. The molecule has 0 bridgehead atoms. The molecule has 0 saturated carbocycles. The lowest BCUT2D eigenvalue weighted by Gasteiger charge is -2.07. The fraction of sp³-hybridized carbons (Fsp3) is 0.0769. The van der Waals surface area contributed by atoms with Crippen LogP contribution in [0.5, 0.6) is 0 Å². The molecular formula is C13H10ClNO2S. The molecule has 0 unspecified atom stereocenters. The van der Waals surface area contributed by atoms with E-state index in [0.29, 0.717) is 15.6 Å². The van der Waals surface area contributed by atoms with Crippen LogP contribution in [0, 0.1) is 6.92 Å². The molecule has 1 aromatic heterocycles. The number of hydrogen-bond acceptors (Lipinski definition) is 3. The molecule has 0 fully saturated rings. The normalized spacial score (nSPS) is 10.1. The largest absolute Gasteiger partial charge is 0.319 e. The Kier molecular flexibility index (Phi) is 3.79. The fourth-order valence-electron chi connectivity index (χ4n) is 1.47. The van der Waals surface area contributed by atoms with Crippen LogP contribution in [0.3, 0.4) is 0 Å². The molecule has 1 amide bonds. The maximum atomic E-state index is 11.8. The van der Waals surface area contributed by atoms with Crippen molar-refractivity contribution in [2.24, 2.45) is 0 Å². The van der Waals surface area contributed by atoms with Crippen LogP contribution in [-0.4, -0.2) is 11.7 Å². The Hall–Kier alpha value is -1.65. The van der Waals surface area contributed by atoms with Crippen molar-refractivity contribution in [3.05, 3.63) is 51.2 Å².